The van der Waals surface area contributed by atoms with E-state index in [-0.39, 0.29) is 41.5 Å². The summed E-state index contributed by atoms with van der Waals surface area (Å²) in [4.78, 5) is 12.3. The Balaban J connectivity index is 1.61. The van der Waals surface area contributed by atoms with Crippen LogP contribution in [-0.2, 0) is 19.0 Å². The first-order valence-electron chi connectivity index (χ1n) is 10.2. The number of hydrogen-bond donors (Lipinski definition) is 1. The highest BCUT2D eigenvalue weighted by atomic mass is 127. The van der Waals surface area contributed by atoms with Gasteiger partial charge in [-0.25, -0.2) is 0 Å². The van der Waals surface area contributed by atoms with Crippen molar-refractivity contribution < 1.29 is 24.1 Å². The number of rotatable bonds is 7. The summed E-state index contributed by atoms with van der Waals surface area (Å²) in [6, 6.07) is 0. The van der Waals surface area contributed by atoms with Crippen LogP contribution in [0.15, 0.2) is 22.0 Å². The number of fused-ring (bicyclic) bond motifs is 2. The second-order valence-electron chi connectivity index (χ2n) is 8.10. The van der Waals surface area contributed by atoms with Gasteiger partial charge in [-0.15, -0.1) is 11.6 Å². The number of allylic oxidation sites excluding steroid dienone is 2. The summed E-state index contributed by atoms with van der Waals surface area (Å²) in [5.41, 5.74) is 0. The van der Waals surface area contributed by atoms with Crippen LogP contribution in [-0.4, -0.2) is 52.9 Å². The number of aliphatic hydroxyl groups is 1. The Hall–Kier alpha value is -0.150. The average Bonchev–Trinajstić information content (AvgIpc) is 2.96. The Morgan fingerprint density at radius 1 is 1.36 bits per heavy atom. The fraction of sp³-hybridized carbons (Fsp3) is 0.762. The minimum absolute atomic E-state index is 0.0225. The van der Waals surface area contributed by atoms with E-state index in [1.54, 1.807) is 0 Å². The van der Waals surface area contributed by atoms with E-state index < -0.39 is 12.2 Å². The number of hydrogen-bond acceptors (Lipinski definition) is 5. The molecule has 0 saturated carbocycles. The van der Waals surface area contributed by atoms with Gasteiger partial charge in [0.25, 0.3) is 0 Å². The maximum Gasteiger partial charge on any atom is 0.159 e. The van der Waals surface area contributed by atoms with Gasteiger partial charge >= 0.3 is 0 Å². The van der Waals surface area contributed by atoms with E-state index in [0.717, 1.165) is 22.8 Å². The van der Waals surface area contributed by atoms with Gasteiger partial charge < -0.3 is 19.3 Å². The number of carbonyl (C=O) groups excluding carboxylic acids is 1. The molecule has 8 atom stereocenters. The summed E-state index contributed by atoms with van der Waals surface area (Å²) in [6.07, 6.45) is 4.43. The van der Waals surface area contributed by atoms with Crippen molar-refractivity contribution in [2.75, 3.05) is 0 Å². The van der Waals surface area contributed by atoms with Crippen molar-refractivity contribution in [3.05, 3.63) is 22.0 Å². The molecule has 0 amide bonds. The lowest BCUT2D eigenvalue weighted by atomic mass is 9.83. The lowest BCUT2D eigenvalue weighted by Crippen LogP contribution is -2.57. The first kappa shape index (κ1) is 22.5. The molecule has 7 heteroatoms. The lowest BCUT2D eigenvalue weighted by molar-refractivity contribution is -0.238. The highest BCUT2D eigenvalue weighted by molar-refractivity contribution is 14.1. The van der Waals surface area contributed by atoms with Crippen LogP contribution in [0.2, 0.25) is 0 Å². The second kappa shape index (κ2) is 9.77. The van der Waals surface area contributed by atoms with E-state index in [0.29, 0.717) is 25.0 Å². The molecule has 3 saturated heterocycles. The third kappa shape index (κ3) is 5.12. The van der Waals surface area contributed by atoms with Gasteiger partial charge in [-0.1, -0.05) is 20.4 Å². The molecule has 158 valence electrons. The maximum atomic E-state index is 12.3. The van der Waals surface area contributed by atoms with Gasteiger partial charge in [-0.2, -0.15) is 0 Å². The van der Waals surface area contributed by atoms with Gasteiger partial charge in [0.2, 0.25) is 0 Å². The summed E-state index contributed by atoms with van der Waals surface area (Å²) < 4.78 is 19.3. The SMILES string of the molecule is C=C(I)CC(Cl)CCC(=O)C=C1OC2C(C)C3OC(CC)CCC3OC2C1O. The Morgan fingerprint density at radius 2 is 2.11 bits per heavy atom. The minimum atomic E-state index is -0.915. The van der Waals surface area contributed by atoms with Gasteiger partial charge in [-0.3, -0.25) is 4.79 Å². The number of ether oxygens (including phenoxy) is 3. The quantitative estimate of drug-likeness (QED) is 0.306. The molecule has 3 heterocycles. The molecule has 0 aliphatic carbocycles. The first-order valence-corrected chi connectivity index (χ1v) is 11.7. The molecule has 0 radical (unpaired) electrons. The molecule has 0 aromatic carbocycles. The van der Waals surface area contributed by atoms with Crippen LogP contribution >= 0.6 is 34.2 Å². The van der Waals surface area contributed by atoms with Crippen molar-refractivity contribution in [2.24, 2.45) is 5.92 Å². The number of carbonyl (C=O) groups is 1. The Labute approximate surface area is 186 Å². The highest BCUT2D eigenvalue weighted by Gasteiger charge is 2.54. The van der Waals surface area contributed by atoms with Crippen LogP contribution in [0.25, 0.3) is 0 Å². The monoisotopic (exact) mass is 524 g/mol. The summed E-state index contributed by atoms with van der Waals surface area (Å²) in [7, 11) is 0. The normalized spacial score (nSPS) is 39.8. The molecule has 0 bridgehead atoms. The van der Waals surface area contributed by atoms with Crippen LogP contribution in [0.1, 0.15) is 52.4 Å². The van der Waals surface area contributed by atoms with Crippen molar-refractivity contribution in [1.29, 1.82) is 0 Å². The van der Waals surface area contributed by atoms with Gasteiger partial charge in [0.05, 0.1) is 18.3 Å². The zero-order chi connectivity index (χ0) is 20.4. The number of alkyl halides is 1. The lowest BCUT2D eigenvalue weighted by Gasteiger charge is -2.46. The molecule has 28 heavy (non-hydrogen) atoms. The molecule has 0 aromatic heterocycles. The smallest absolute Gasteiger partial charge is 0.159 e. The topological polar surface area (TPSA) is 65.0 Å². The summed E-state index contributed by atoms with van der Waals surface area (Å²) in [6.45, 7) is 8.05. The second-order valence-corrected chi connectivity index (χ2v) is 10.2. The van der Waals surface area contributed by atoms with Crippen LogP contribution in [0, 0.1) is 5.92 Å². The molecule has 3 rings (SSSR count). The van der Waals surface area contributed by atoms with Gasteiger partial charge in [0.15, 0.2) is 5.78 Å². The van der Waals surface area contributed by atoms with Crippen LogP contribution in [0.3, 0.4) is 0 Å². The Kier molecular flexibility index (Phi) is 7.86. The van der Waals surface area contributed by atoms with E-state index in [1.807, 2.05) is 0 Å². The average molecular weight is 525 g/mol. The minimum Gasteiger partial charge on any atom is -0.489 e. The first-order chi connectivity index (χ1) is 13.3. The van der Waals surface area contributed by atoms with E-state index in [9.17, 15) is 9.90 Å². The van der Waals surface area contributed by atoms with E-state index in [2.05, 4.69) is 43.0 Å². The van der Waals surface area contributed by atoms with Gasteiger partial charge in [0.1, 0.15) is 24.1 Å². The predicted molar refractivity (Wildman–Crippen MR) is 117 cm³/mol. The van der Waals surface area contributed by atoms with E-state index in [1.165, 1.54) is 6.08 Å². The fourth-order valence-electron chi connectivity index (χ4n) is 4.37. The third-order valence-corrected chi connectivity index (χ3v) is 6.77. The highest BCUT2D eigenvalue weighted by Crippen LogP contribution is 2.43. The molecule has 3 aliphatic heterocycles. The molecule has 5 nitrogen and oxygen atoms in total. The van der Waals surface area contributed by atoms with Crippen LogP contribution < -0.4 is 0 Å². The van der Waals surface area contributed by atoms with Crippen molar-refractivity contribution in [3.8, 4) is 0 Å². The molecule has 3 aliphatic rings. The standard InChI is InChI=1S/C21H30ClIO5/c1-4-15-7-8-16-19(26-15)12(3)20-21(27-16)18(25)17(28-20)10-14(24)6-5-13(22)9-11(2)23/h10,12-13,15-16,18-21,25H,2,4-9H2,1,3H3. The molecule has 8 unspecified atom stereocenters. The van der Waals surface area contributed by atoms with Crippen molar-refractivity contribution >= 4 is 40.0 Å². The van der Waals surface area contributed by atoms with Gasteiger partial charge in [-0.05, 0) is 58.3 Å². The number of ketones is 1. The van der Waals surface area contributed by atoms with E-state index in [4.69, 9.17) is 25.8 Å². The summed E-state index contributed by atoms with van der Waals surface area (Å²) in [5.74, 6) is 0.308. The number of halogens is 2. The molecule has 1 N–H and O–H groups in total. The van der Waals surface area contributed by atoms with Crippen molar-refractivity contribution in [3.63, 3.8) is 0 Å². The largest absolute Gasteiger partial charge is 0.489 e. The molecule has 3 fully saturated rings. The van der Waals surface area contributed by atoms with Crippen LogP contribution in [0.4, 0.5) is 0 Å². The van der Waals surface area contributed by atoms with Crippen molar-refractivity contribution in [1.82, 2.24) is 0 Å². The van der Waals surface area contributed by atoms with Crippen molar-refractivity contribution in [2.45, 2.75) is 94.4 Å². The Morgan fingerprint density at radius 3 is 2.79 bits per heavy atom. The third-order valence-electron chi connectivity index (χ3n) is 5.96. The molecule has 0 aromatic rings. The molecule has 0 spiro atoms. The summed E-state index contributed by atoms with van der Waals surface area (Å²) >= 11 is 8.37. The van der Waals surface area contributed by atoms with E-state index >= 15 is 0 Å². The zero-order valence-corrected chi connectivity index (χ0v) is 19.4. The molecular weight excluding hydrogens is 495 g/mol. The maximum absolute atomic E-state index is 12.3. The Bertz CT molecular complexity index is 624. The predicted octanol–water partition coefficient (Wildman–Crippen LogP) is 4.29. The zero-order valence-electron chi connectivity index (χ0n) is 16.5. The summed E-state index contributed by atoms with van der Waals surface area (Å²) in [5, 5.41) is 10.6. The fourth-order valence-corrected chi connectivity index (χ4v) is 5.46. The number of aliphatic hydroxyl groups excluding tert-OH is 1. The van der Waals surface area contributed by atoms with Crippen LogP contribution in [0.5, 0.6) is 0 Å². The van der Waals surface area contributed by atoms with Gasteiger partial charge in [0, 0.05) is 23.8 Å². The molecular formula is C21H30ClIO5.